The molecule has 0 aliphatic rings. The molecule has 1 amide bonds. The molecule has 0 bridgehead atoms. The predicted molar refractivity (Wildman–Crippen MR) is 116 cm³/mol. The Hall–Kier alpha value is -3.64. The van der Waals surface area contributed by atoms with Crippen LogP contribution in [0.5, 0.6) is 11.5 Å². The second kappa shape index (κ2) is 9.71. The smallest absolute Gasteiger partial charge is 0.345 e. The van der Waals surface area contributed by atoms with Crippen molar-refractivity contribution in [3.05, 3.63) is 94.0 Å². The van der Waals surface area contributed by atoms with Gasteiger partial charge in [-0.1, -0.05) is 41.9 Å². The fraction of sp³-hybridized carbons (Fsp3) is 0.0870. The molecule has 0 aliphatic heterocycles. The number of rotatable bonds is 6. The zero-order valence-electron chi connectivity index (χ0n) is 16.4. The average molecular weight is 423 g/mol. The van der Waals surface area contributed by atoms with E-state index in [4.69, 9.17) is 21.1 Å². The number of ether oxygens (including phenoxy) is 2. The molecule has 0 unspecified atom stereocenters. The van der Waals surface area contributed by atoms with E-state index in [0.717, 1.165) is 5.56 Å². The lowest BCUT2D eigenvalue weighted by molar-refractivity contribution is 0.0729. The van der Waals surface area contributed by atoms with Gasteiger partial charge in [0.25, 0.3) is 5.91 Å². The van der Waals surface area contributed by atoms with Crippen molar-refractivity contribution in [3.8, 4) is 11.5 Å². The number of hydrazone groups is 1. The van der Waals surface area contributed by atoms with Crippen LogP contribution in [0.15, 0.2) is 71.8 Å². The van der Waals surface area contributed by atoms with Gasteiger partial charge in [0.15, 0.2) is 11.5 Å². The minimum atomic E-state index is -0.592. The lowest BCUT2D eigenvalue weighted by atomic mass is 10.1. The van der Waals surface area contributed by atoms with Gasteiger partial charge in [0.05, 0.1) is 23.9 Å². The lowest BCUT2D eigenvalue weighted by Gasteiger charge is -2.10. The normalized spacial score (nSPS) is 10.6. The molecular formula is C23H19ClN2O4. The maximum Gasteiger partial charge on any atom is 0.345 e. The van der Waals surface area contributed by atoms with E-state index in [0.29, 0.717) is 21.9 Å². The number of methoxy groups -OCH3 is 1. The number of halogens is 1. The van der Waals surface area contributed by atoms with Gasteiger partial charge in [-0.3, -0.25) is 4.79 Å². The van der Waals surface area contributed by atoms with E-state index in [-0.39, 0.29) is 17.2 Å². The third kappa shape index (κ3) is 5.04. The molecule has 3 aromatic rings. The summed E-state index contributed by atoms with van der Waals surface area (Å²) in [6.07, 6.45) is 1.47. The Morgan fingerprint density at radius 3 is 2.37 bits per heavy atom. The van der Waals surface area contributed by atoms with Crippen molar-refractivity contribution in [1.29, 1.82) is 0 Å². The highest BCUT2D eigenvalue weighted by atomic mass is 35.5. The van der Waals surface area contributed by atoms with Crippen LogP contribution in [0.2, 0.25) is 5.02 Å². The standard InChI is InChI=1S/C23H19ClN2O4/c1-15-7-3-4-8-17(15)22(27)26-25-14-16-11-12-20(21(13-16)29-2)30-23(28)18-9-5-6-10-19(18)24/h3-14H,1-2H3,(H,26,27)/b25-14-. The summed E-state index contributed by atoms with van der Waals surface area (Å²) in [6.45, 7) is 1.85. The molecule has 1 N–H and O–H groups in total. The molecule has 0 fully saturated rings. The van der Waals surface area contributed by atoms with Crippen LogP contribution in [0, 0.1) is 6.92 Å². The molecule has 6 nitrogen and oxygen atoms in total. The van der Waals surface area contributed by atoms with Gasteiger partial charge in [0.1, 0.15) is 0 Å². The highest BCUT2D eigenvalue weighted by Gasteiger charge is 2.15. The zero-order valence-corrected chi connectivity index (χ0v) is 17.1. The Balaban J connectivity index is 1.70. The van der Waals surface area contributed by atoms with Gasteiger partial charge in [-0.25, -0.2) is 10.2 Å². The van der Waals surface area contributed by atoms with Gasteiger partial charge in [0, 0.05) is 5.56 Å². The van der Waals surface area contributed by atoms with Crippen LogP contribution in [0.25, 0.3) is 0 Å². The molecule has 0 radical (unpaired) electrons. The molecule has 0 heterocycles. The number of carbonyl (C=O) groups is 2. The summed E-state index contributed by atoms with van der Waals surface area (Å²) in [6, 6.07) is 18.8. The molecule has 0 saturated carbocycles. The summed E-state index contributed by atoms with van der Waals surface area (Å²) < 4.78 is 10.7. The Bertz CT molecular complexity index is 1110. The first-order valence-corrected chi connectivity index (χ1v) is 9.41. The number of hydrogen-bond donors (Lipinski definition) is 1. The van der Waals surface area contributed by atoms with Crippen LogP contribution in [0.3, 0.4) is 0 Å². The van der Waals surface area contributed by atoms with Crippen molar-refractivity contribution < 1.29 is 19.1 Å². The van der Waals surface area contributed by atoms with Crippen LogP contribution in [-0.4, -0.2) is 25.2 Å². The van der Waals surface area contributed by atoms with Crippen molar-refractivity contribution in [2.75, 3.05) is 7.11 Å². The molecule has 30 heavy (non-hydrogen) atoms. The highest BCUT2D eigenvalue weighted by Crippen LogP contribution is 2.29. The first-order valence-electron chi connectivity index (χ1n) is 9.03. The second-order valence-corrected chi connectivity index (χ2v) is 6.70. The Labute approximate surface area is 179 Å². The number of amides is 1. The van der Waals surface area contributed by atoms with Crippen molar-refractivity contribution in [2.24, 2.45) is 5.10 Å². The molecule has 0 spiro atoms. The largest absolute Gasteiger partial charge is 0.493 e. The van der Waals surface area contributed by atoms with Gasteiger partial charge < -0.3 is 9.47 Å². The summed E-state index contributed by atoms with van der Waals surface area (Å²) in [5, 5.41) is 4.28. The molecule has 0 saturated heterocycles. The Morgan fingerprint density at radius 2 is 1.67 bits per heavy atom. The van der Waals surface area contributed by atoms with Gasteiger partial charge in [-0.05, 0) is 54.4 Å². The molecule has 3 rings (SSSR count). The molecule has 7 heteroatoms. The van der Waals surface area contributed by atoms with E-state index in [1.807, 2.05) is 19.1 Å². The summed E-state index contributed by atoms with van der Waals surface area (Å²) in [5.74, 6) is -0.319. The molecule has 0 atom stereocenters. The van der Waals surface area contributed by atoms with Gasteiger partial charge in [-0.2, -0.15) is 5.10 Å². The first-order chi connectivity index (χ1) is 14.5. The minimum absolute atomic E-state index is 0.239. The topological polar surface area (TPSA) is 77.0 Å². The summed E-state index contributed by atoms with van der Waals surface area (Å²) in [5.41, 5.74) is 4.80. The summed E-state index contributed by atoms with van der Waals surface area (Å²) in [7, 11) is 1.46. The van der Waals surface area contributed by atoms with E-state index >= 15 is 0 Å². The summed E-state index contributed by atoms with van der Waals surface area (Å²) in [4.78, 5) is 24.6. The minimum Gasteiger partial charge on any atom is -0.493 e. The average Bonchev–Trinajstić information content (AvgIpc) is 2.75. The number of carbonyl (C=O) groups excluding carboxylic acids is 2. The maximum absolute atomic E-state index is 12.4. The van der Waals surface area contributed by atoms with Crippen molar-refractivity contribution >= 4 is 29.7 Å². The van der Waals surface area contributed by atoms with Crippen LogP contribution in [-0.2, 0) is 0 Å². The predicted octanol–water partition coefficient (Wildman–Crippen LogP) is 4.64. The number of nitrogens with one attached hydrogen (secondary N) is 1. The number of nitrogens with zero attached hydrogens (tertiary/aromatic N) is 1. The van der Waals surface area contributed by atoms with E-state index in [1.54, 1.807) is 54.6 Å². The molecule has 0 aromatic heterocycles. The number of esters is 1. The third-order valence-corrected chi connectivity index (χ3v) is 4.58. The number of benzene rings is 3. The van der Waals surface area contributed by atoms with E-state index in [1.165, 1.54) is 13.3 Å². The quantitative estimate of drug-likeness (QED) is 0.272. The van der Waals surface area contributed by atoms with Gasteiger partial charge >= 0.3 is 5.97 Å². The zero-order chi connectivity index (χ0) is 21.5. The fourth-order valence-corrected chi connectivity index (χ4v) is 2.90. The third-order valence-electron chi connectivity index (χ3n) is 4.25. The van der Waals surface area contributed by atoms with Crippen molar-refractivity contribution in [2.45, 2.75) is 6.92 Å². The van der Waals surface area contributed by atoms with Gasteiger partial charge in [-0.15, -0.1) is 0 Å². The van der Waals surface area contributed by atoms with Gasteiger partial charge in [0.2, 0.25) is 0 Å². The SMILES string of the molecule is COc1cc(/C=N\NC(=O)c2ccccc2C)ccc1OC(=O)c1ccccc1Cl. The van der Waals surface area contributed by atoms with Crippen LogP contribution < -0.4 is 14.9 Å². The Morgan fingerprint density at radius 1 is 0.967 bits per heavy atom. The van der Waals surface area contributed by atoms with E-state index in [2.05, 4.69) is 10.5 Å². The van der Waals surface area contributed by atoms with Crippen LogP contribution in [0.4, 0.5) is 0 Å². The number of aryl methyl sites for hydroxylation is 1. The van der Waals surface area contributed by atoms with E-state index in [9.17, 15) is 9.59 Å². The maximum atomic E-state index is 12.4. The van der Waals surface area contributed by atoms with Crippen molar-refractivity contribution in [1.82, 2.24) is 5.43 Å². The Kier molecular flexibility index (Phi) is 6.83. The number of hydrogen-bond acceptors (Lipinski definition) is 5. The molecule has 152 valence electrons. The summed E-state index contributed by atoms with van der Waals surface area (Å²) >= 11 is 6.04. The van der Waals surface area contributed by atoms with Crippen molar-refractivity contribution in [3.63, 3.8) is 0 Å². The monoisotopic (exact) mass is 422 g/mol. The fourth-order valence-electron chi connectivity index (χ4n) is 2.68. The molecule has 3 aromatic carbocycles. The van der Waals surface area contributed by atoms with Crippen LogP contribution in [0.1, 0.15) is 31.8 Å². The molecule has 0 aliphatic carbocycles. The first kappa shape index (κ1) is 21.1. The van der Waals surface area contributed by atoms with E-state index < -0.39 is 5.97 Å². The molecular weight excluding hydrogens is 404 g/mol. The lowest BCUT2D eigenvalue weighted by Crippen LogP contribution is -2.18. The second-order valence-electron chi connectivity index (χ2n) is 6.29. The highest BCUT2D eigenvalue weighted by molar-refractivity contribution is 6.33. The van der Waals surface area contributed by atoms with Crippen LogP contribution >= 0.6 is 11.6 Å².